The molecule has 1 rings (SSSR count). The van der Waals surface area contributed by atoms with Crippen molar-refractivity contribution >= 4 is 35.6 Å². The van der Waals surface area contributed by atoms with Crippen molar-refractivity contribution in [2.24, 2.45) is 27.9 Å². The molecule has 0 aliphatic heterocycles. The molecule has 0 saturated carbocycles. The summed E-state index contributed by atoms with van der Waals surface area (Å²) in [5.41, 5.74) is 22.3. The van der Waals surface area contributed by atoms with Gasteiger partial charge in [0, 0.05) is 24.9 Å². The summed E-state index contributed by atoms with van der Waals surface area (Å²) in [7, 11) is 0. The van der Waals surface area contributed by atoms with Crippen LogP contribution in [-0.4, -0.2) is 81.3 Å². The number of rotatable bonds is 15. The third kappa shape index (κ3) is 11.0. The molecular formula is C19H32N10O6. The molecule has 0 saturated heterocycles. The standard InChI is InChI=1S/C19H32N10O6/c1-9(18(34)35)27-17(33)13(6-14(21)30)29-16(32)12(3-2-4-25-19(22)23)28-15(31)11(20)5-10-7-24-8-26-10/h7-9,11-13H,2-6,20H2,1H3,(H2,21,30)(H,24,26)(H,27,33)(H,28,31)(H,29,32)(H,34,35)(H4,22,23,25). The van der Waals surface area contributed by atoms with Crippen molar-refractivity contribution in [3.8, 4) is 0 Å². The summed E-state index contributed by atoms with van der Waals surface area (Å²) >= 11 is 0. The fourth-order valence-corrected chi connectivity index (χ4v) is 2.84. The Balaban J connectivity index is 2.95. The summed E-state index contributed by atoms with van der Waals surface area (Å²) in [6, 6.07) is -4.96. The number of H-pyrrole nitrogens is 1. The average Bonchev–Trinajstić information content (AvgIpc) is 3.27. The Morgan fingerprint density at radius 2 is 1.69 bits per heavy atom. The lowest BCUT2D eigenvalue weighted by Crippen LogP contribution is -2.57. The topological polar surface area (TPSA) is 287 Å². The van der Waals surface area contributed by atoms with E-state index in [0.29, 0.717) is 5.69 Å². The Labute approximate surface area is 200 Å². The molecule has 4 atom stereocenters. The van der Waals surface area contributed by atoms with E-state index in [2.05, 4.69) is 30.9 Å². The highest BCUT2D eigenvalue weighted by atomic mass is 16.4. The average molecular weight is 497 g/mol. The number of nitrogens with two attached hydrogens (primary N) is 4. The van der Waals surface area contributed by atoms with E-state index in [0.717, 1.165) is 0 Å². The van der Waals surface area contributed by atoms with Crippen LogP contribution in [0.25, 0.3) is 0 Å². The maximum absolute atomic E-state index is 12.9. The van der Waals surface area contributed by atoms with Gasteiger partial charge in [0.1, 0.15) is 18.1 Å². The van der Waals surface area contributed by atoms with Crippen LogP contribution in [0.15, 0.2) is 17.5 Å². The molecule has 194 valence electrons. The van der Waals surface area contributed by atoms with Crippen LogP contribution in [0.3, 0.4) is 0 Å². The molecule has 35 heavy (non-hydrogen) atoms. The Morgan fingerprint density at radius 3 is 2.23 bits per heavy atom. The maximum atomic E-state index is 12.9. The van der Waals surface area contributed by atoms with Crippen LogP contribution in [0.5, 0.6) is 0 Å². The second-order valence-electron chi connectivity index (χ2n) is 7.70. The van der Waals surface area contributed by atoms with Crippen molar-refractivity contribution in [2.45, 2.75) is 56.8 Å². The number of aromatic amines is 1. The zero-order chi connectivity index (χ0) is 26.5. The number of hydrogen-bond acceptors (Lipinski definition) is 8. The first-order chi connectivity index (χ1) is 16.4. The lowest BCUT2D eigenvalue weighted by Gasteiger charge is -2.24. The molecule has 0 aliphatic rings. The van der Waals surface area contributed by atoms with Crippen molar-refractivity contribution < 1.29 is 29.1 Å². The van der Waals surface area contributed by atoms with Gasteiger partial charge in [-0.15, -0.1) is 0 Å². The normalized spacial score (nSPS) is 14.0. The van der Waals surface area contributed by atoms with Crippen LogP contribution in [0, 0.1) is 0 Å². The number of nitrogens with zero attached hydrogens (tertiary/aromatic N) is 2. The SMILES string of the molecule is CC(NC(=O)C(CC(N)=O)NC(=O)C(CCCN=C(N)N)NC(=O)C(N)Cc1cnc[nH]1)C(=O)O. The number of aliphatic imine (C=N–C) groups is 1. The van der Waals surface area contributed by atoms with E-state index in [1.54, 1.807) is 0 Å². The maximum Gasteiger partial charge on any atom is 0.325 e. The first kappa shape index (κ1) is 28.8. The van der Waals surface area contributed by atoms with E-state index >= 15 is 0 Å². The van der Waals surface area contributed by atoms with E-state index in [1.165, 1.54) is 19.4 Å². The Morgan fingerprint density at radius 1 is 1.06 bits per heavy atom. The first-order valence-corrected chi connectivity index (χ1v) is 10.6. The molecule has 1 heterocycles. The summed E-state index contributed by atoms with van der Waals surface area (Å²) < 4.78 is 0. The zero-order valence-electron chi connectivity index (χ0n) is 19.2. The second-order valence-corrected chi connectivity index (χ2v) is 7.70. The van der Waals surface area contributed by atoms with E-state index in [-0.39, 0.29) is 31.8 Å². The summed E-state index contributed by atoms with van der Waals surface area (Å²) in [6.45, 7) is 1.36. The largest absolute Gasteiger partial charge is 0.480 e. The number of primary amides is 1. The monoisotopic (exact) mass is 496 g/mol. The number of aromatic nitrogens is 2. The molecule has 0 fully saturated rings. The lowest BCUT2D eigenvalue weighted by molar-refractivity contribution is -0.142. The highest BCUT2D eigenvalue weighted by Crippen LogP contribution is 2.04. The number of carboxylic acid groups (broad SMARTS) is 1. The first-order valence-electron chi connectivity index (χ1n) is 10.6. The third-order valence-electron chi connectivity index (χ3n) is 4.68. The molecule has 0 spiro atoms. The van der Waals surface area contributed by atoms with Crippen molar-refractivity contribution in [1.29, 1.82) is 0 Å². The zero-order valence-corrected chi connectivity index (χ0v) is 19.2. The highest BCUT2D eigenvalue weighted by molar-refractivity contribution is 5.96. The van der Waals surface area contributed by atoms with Gasteiger partial charge in [-0.25, -0.2) is 4.98 Å². The van der Waals surface area contributed by atoms with Crippen LogP contribution in [-0.2, 0) is 30.4 Å². The fourth-order valence-electron chi connectivity index (χ4n) is 2.84. The second kappa shape index (κ2) is 14.1. The Bertz CT molecular complexity index is 915. The number of imidazole rings is 1. The number of carbonyl (C=O) groups excluding carboxylic acids is 4. The van der Waals surface area contributed by atoms with E-state index < -0.39 is 60.2 Å². The molecule has 0 radical (unpaired) electrons. The molecule has 4 unspecified atom stereocenters. The van der Waals surface area contributed by atoms with Gasteiger partial charge in [0.15, 0.2) is 5.96 Å². The van der Waals surface area contributed by atoms with Crippen LogP contribution >= 0.6 is 0 Å². The van der Waals surface area contributed by atoms with Crippen molar-refractivity contribution in [3.05, 3.63) is 18.2 Å². The van der Waals surface area contributed by atoms with Gasteiger partial charge >= 0.3 is 5.97 Å². The van der Waals surface area contributed by atoms with E-state index in [1.807, 2.05) is 0 Å². The molecule has 1 aromatic rings. The van der Waals surface area contributed by atoms with Crippen LogP contribution in [0.4, 0.5) is 0 Å². The van der Waals surface area contributed by atoms with Crippen molar-refractivity contribution in [2.75, 3.05) is 6.54 Å². The predicted octanol–water partition coefficient (Wildman–Crippen LogP) is -4.23. The molecule has 16 heteroatoms. The number of nitrogens with one attached hydrogen (secondary N) is 4. The number of amides is 4. The van der Waals surface area contributed by atoms with E-state index in [9.17, 15) is 24.0 Å². The molecule has 0 aromatic carbocycles. The summed E-state index contributed by atoms with van der Waals surface area (Å²) in [5, 5.41) is 16.0. The quantitative estimate of drug-likeness (QED) is 0.0640. The number of hydrogen-bond donors (Lipinski definition) is 9. The van der Waals surface area contributed by atoms with Crippen LogP contribution in [0.2, 0.25) is 0 Å². The smallest absolute Gasteiger partial charge is 0.325 e. The highest BCUT2D eigenvalue weighted by Gasteiger charge is 2.30. The molecule has 13 N–H and O–H groups in total. The predicted molar refractivity (Wildman–Crippen MR) is 123 cm³/mol. The van der Waals surface area contributed by atoms with Crippen LogP contribution < -0.4 is 38.9 Å². The minimum Gasteiger partial charge on any atom is -0.480 e. The number of carboxylic acids is 1. The van der Waals surface area contributed by atoms with Gasteiger partial charge < -0.3 is 49.0 Å². The summed E-state index contributed by atoms with van der Waals surface area (Å²) in [5.74, 6) is -4.80. The number of guanidine groups is 1. The minimum absolute atomic E-state index is 0.0571. The van der Waals surface area contributed by atoms with Gasteiger partial charge in [-0.05, 0) is 19.8 Å². The van der Waals surface area contributed by atoms with Gasteiger partial charge in [0.2, 0.25) is 23.6 Å². The minimum atomic E-state index is -1.47. The molecular weight excluding hydrogens is 464 g/mol. The molecule has 4 amide bonds. The Kier molecular flexibility index (Phi) is 11.6. The van der Waals surface area contributed by atoms with Crippen molar-refractivity contribution in [3.63, 3.8) is 0 Å². The lowest BCUT2D eigenvalue weighted by atomic mass is 10.1. The van der Waals surface area contributed by atoms with Gasteiger partial charge in [-0.1, -0.05) is 0 Å². The van der Waals surface area contributed by atoms with Gasteiger partial charge in [-0.3, -0.25) is 29.0 Å². The summed E-state index contributed by atoms with van der Waals surface area (Å²) in [4.78, 5) is 70.9. The molecule has 0 aliphatic carbocycles. The van der Waals surface area contributed by atoms with Crippen molar-refractivity contribution in [1.82, 2.24) is 25.9 Å². The fraction of sp³-hybridized carbons (Fsp3) is 0.526. The number of aliphatic carboxylic acids is 1. The Hall–Kier alpha value is -4.21. The van der Waals surface area contributed by atoms with Crippen LogP contribution in [0.1, 0.15) is 31.9 Å². The van der Waals surface area contributed by atoms with Gasteiger partial charge in [-0.2, -0.15) is 0 Å². The van der Waals surface area contributed by atoms with Gasteiger partial charge in [0.05, 0.1) is 18.8 Å². The molecule has 16 nitrogen and oxygen atoms in total. The van der Waals surface area contributed by atoms with E-state index in [4.69, 9.17) is 28.0 Å². The molecule has 0 bridgehead atoms. The number of carbonyl (C=O) groups is 5. The third-order valence-corrected chi connectivity index (χ3v) is 4.68. The molecule has 1 aromatic heterocycles. The summed E-state index contributed by atoms with van der Waals surface area (Å²) in [6.07, 6.45) is 2.77. The van der Waals surface area contributed by atoms with Gasteiger partial charge in [0.25, 0.3) is 0 Å².